The standard InChI is InChI=1S/C24H26O6S3.C16H14S3/c1-17(2)23(25)29-13-15-31-19-5-9-21(10-6-19)33(27,28)22-11-7-20(8-12-22)32-16-14-30-24(26)18(3)4;1-3-17-13-5-9-15(10-6-13)19-16-11-7-14(8-12-16)18-4-2/h5-12H,1,3,13-16H2,2,4H3;3-12H,1-2H2. The van der Waals surface area contributed by atoms with E-state index in [0.717, 1.165) is 9.79 Å². The molecule has 272 valence electrons. The lowest BCUT2D eigenvalue weighted by atomic mass is 10.4. The highest BCUT2D eigenvalue weighted by molar-refractivity contribution is 8.02. The molecule has 6 nitrogen and oxygen atoms in total. The van der Waals surface area contributed by atoms with Crippen LogP contribution in [0.5, 0.6) is 0 Å². The van der Waals surface area contributed by atoms with E-state index in [2.05, 4.69) is 74.8 Å². The van der Waals surface area contributed by atoms with E-state index in [0.29, 0.717) is 22.7 Å². The van der Waals surface area contributed by atoms with Crippen LogP contribution in [0.25, 0.3) is 0 Å². The van der Waals surface area contributed by atoms with Gasteiger partial charge in [-0.1, -0.05) is 61.6 Å². The molecule has 4 aromatic rings. The van der Waals surface area contributed by atoms with Crippen molar-refractivity contribution in [2.24, 2.45) is 0 Å². The van der Waals surface area contributed by atoms with Crippen molar-refractivity contribution in [1.82, 2.24) is 0 Å². The second kappa shape index (κ2) is 22.5. The summed E-state index contributed by atoms with van der Waals surface area (Å²) in [5, 5.41) is 3.69. The number of hydrogen-bond acceptors (Lipinski definition) is 11. The molecule has 12 heteroatoms. The maximum atomic E-state index is 12.9. The monoisotopic (exact) mass is 808 g/mol. The number of esters is 2. The second-order valence-electron chi connectivity index (χ2n) is 10.6. The topological polar surface area (TPSA) is 86.7 Å². The highest BCUT2D eigenvalue weighted by Gasteiger charge is 2.17. The van der Waals surface area contributed by atoms with Crippen molar-refractivity contribution in [3.05, 3.63) is 145 Å². The summed E-state index contributed by atoms with van der Waals surface area (Å²) in [5.74, 6) is 0.258. The average molecular weight is 809 g/mol. The van der Waals surface area contributed by atoms with Gasteiger partial charge in [-0.05, 0) is 122 Å². The van der Waals surface area contributed by atoms with Gasteiger partial charge in [-0.2, -0.15) is 0 Å². The van der Waals surface area contributed by atoms with Crippen molar-refractivity contribution in [3.63, 3.8) is 0 Å². The third-order valence-corrected chi connectivity index (χ3v) is 12.6. The molecule has 0 amide bonds. The fourth-order valence-corrected chi connectivity index (χ4v) is 8.41. The molecule has 0 atom stereocenters. The lowest BCUT2D eigenvalue weighted by molar-refractivity contribution is -0.139. The molecule has 0 aliphatic heterocycles. The van der Waals surface area contributed by atoms with E-state index < -0.39 is 21.8 Å². The van der Waals surface area contributed by atoms with Gasteiger partial charge in [0.25, 0.3) is 0 Å². The first-order chi connectivity index (χ1) is 24.9. The Balaban J connectivity index is 0.000000323. The summed E-state index contributed by atoms with van der Waals surface area (Å²) in [5.41, 5.74) is 0.704. The number of thioether (sulfide) groups is 4. The Morgan fingerprint density at radius 1 is 0.558 bits per heavy atom. The van der Waals surface area contributed by atoms with Gasteiger partial charge in [-0.3, -0.25) is 0 Å². The fraction of sp³-hybridized carbons (Fsp3) is 0.150. The lowest BCUT2D eigenvalue weighted by Crippen LogP contribution is -2.07. The number of benzene rings is 4. The Morgan fingerprint density at radius 3 is 1.17 bits per heavy atom. The SMILES string of the molecule is C=C(C)C(=O)OCCSc1ccc(S(=O)(=O)c2ccc(SCCOC(=O)C(=C)C)cc2)cc1.C=CSc1ccc(Sc2ccc(SC=C)cc2)cc1. The number of carbonyl (C=O) groups is 2. The molecule has 52 heavy (non-hydrogen) atoms. The Morgan fingerprint density at radius 2 is 0.865 bits per heavy atom. The molecule has 0 fully saturated rings. The van der Waals surface area contributed by atoms with Crippen LogP contribution in [0.3, 0.4) is 0 Å². The number of carbonyl (C=O) groups excluding carboxylic acids is 2. The molecule has 0 N–H and O–H groups in total. The van der Waals surface area contributed by atoms with Gasteiger partial charge in [0, 0.05) is 52.0 Å². The third kappa shape index (κ3) is 14.8. The summed E-state index contributed by atoms with van der Waals surface area (Å²) < 4.78 is 35.9. The van der Waals surface area contributed by atoms with E-state index in [1.807, 2.05) is 10.8 Å². The van der Waals surface area contributed by atoms with Crippen LogP contribution in [-0.2, 0) is 28.9 Å². The van der Waals surface area contributed by atoms with E-state index in [4.69, 9.17) is 9.47 Å². The Bertz CT molecular complexity index is 1790. The largest absolute Gasteiger partial charge is 0.461 e. The van der Waals surface area contributed by atoms with Gasteiger partial charge in [0.1, 0.15) is 13.2 Å². The highest BCUT2D eigenvalue weighted by atomic mass is 32.2. The zero-order valence-corrected chi connectivity index (χ0v) is 33.8. The van der Waals surface area contributed by atoms with E-state index in [-0.39, 0.29) is 23.0 Å². The van der Waals surface area contributed by atoms with E-state index >= 15 is 0 Å². The number of sulfone groups is 1. The number of rotatable bonds is 18. The summed E-state index contributed by atoms with van der Waals surface area (Å²) in [4.78, 5) is 29.8. The van der Waals surface area contributed by atoms with Gasteiger partial charge in [0.2, 0.25) is 9.84 Å². The van der Waals surface area contributed by atoms with Crippen molar-refractivity contribution in [3.8, 4) is 0 Å². The lowest BCUT2D eigenvalue weighted by Gasteiger charge is -2.08. The highest BCUT2D eigenvalue weighted by Crippen LogP contribution is 2.31. The fourth-order valence-electron chi connectivity index (χ4n) is 3.90. The van der Waals surface area contributed by atoms with E-state index in [1.54, 1.807) is 97.7 Å². The van der Waals surface area contributed by atoms with E-state index in [1.165, 1.54) is 43.1 Å². The van der Waals surface area contributed by atoms with Gasteiger partial charge in [-0.15, -0.1) is 23.5 Å². The summed E-state index contributed by atoms with van der Waals surface area (Å²) in [6.45, 7) is 18.2. The molecule has 0 bridgehead atoms. The summed E-state index contributed by atoms with van der Waals surface area (Å²) in [6, 6.07) is 30.2. The van der Waals surface area contributed by atoms with Crippen molar-refractivity contribution < 1.29 is 27.5 Å². The molecule has 4 rings (SSSR count). The molecule has 0 aromatic heterocycles. The normalized spacial score (nSPS) is 10.7. The van der Waals surface area contributed by atoms with Gasteiger partial charge >= 0.3 is 11.9 Å². The van der Waals surface area contributed by atoms with Crippen LogP contribution < -0.4 is 0 Å². The quantitative estimate of drug-likeness (QED) is 0.0417. The van der Waals surface area contributed by atoms with Crippen molar-refractivity contribution in [2.75, 3.05) is 24.7 Å². The Hall–Kier alpha value is -3.52. The molecule has 0 radical (unpaired) electrons. The third-order valence-electron chi connectivity index (χ3n) is 6.46. The molecule has 0 unspecified atom stereocenters. The molecular formula is C40H40O6S6. The van der Waals surface area contributed by atoms with Crippen LogP contribution in [0.4, 0.5) is 0 Å². The van der Waals surface area contributed by atoms with Crippen LogP contribution in [-0.4, -0.2) is 45.1 Å². The maximum absolute atomic E-state index is 12.9. The van der Waals surface area contributed by atoms with Gasteiger partial charge in [0.15, 0.2) is 0 Å². The van der Waals surface area contributed by atoms with Crippen LogP contribution in [0.15, 0.2) is 185 Å². The van der Waals surface area contributed by atoms with Crippen molar-refractivity contribution >= 4 is 80.6 Å². The van der Waals surface area contributed by atoms with Crippen LogP contribution in [0, 0.1) is 0 Å². The zero-order valence-electron chi connectivity index (χ0n) is 28.9. The first-order valence-corrected chi connectivity index (χ1v) is 21.7. The van der Waals surface area contributed by atoms with Crippen molar-refractivity contribution in [2.45, 2.75) is 53.0 Å². The molecule has 0 aliphatic rings. The van der Waals surface area contributed by atoms with E-state index in [9.17, 15) is 18.0 Å². The Kier molecular flexibility index (Phi) is 18.6. The maximum Gasteiger partial charge on any atom is 0.333 e. The average Bonchev–Trinajstić information content (AvgIpc) is 3.14. The van der Waals surface area contributed by atoms with Crippen LogP contribution in [0.1, 0.15) is 13.8 Å². The van der Waals surface area contributed by atoms with Gasteiger partial charge in [0.05, 0.1) is 9.79 Å². The van der Waals surface area contributed by atoms with Crippen LogP contribution >= 0.6 is 58.8 Å². The smallest absolute Gasteiger partial charge is 0.333 e. The van der Waals surface area contributed by atoms with Gasteiger partial charge in [-0.25, -0.2) is 18.0 Å². The number of hydrogen-bond donors (Lipinski definition) is 0. The minimum absolute atomic E-state index is 0.202. The number of ether oxygens (including phenoxy) is 2. The first-order valence-electron chi connectivity index (χ1n) is 15.7. The summed E-state index contributed by atoms with van der Waals surface area (Å²) >= 11 is 7.98. The molecular weight excluding hydrogens is 769 g/mol. The summed E-state index contributed by atoms with van der Waals surface area (Å²) in [7, 11) is -3.64. The van der Waals surface area contributed by atoms with Gasteiger partial charge < -0.3 is 9.47 Å². The molecule has 0 saturated heterocycles. The zero-order chi connectivity index (χ0) is 37.9. The molecule has 0 aliphatic carbocycles. The minimum Gasteiger partial charge on any atom is -0.461 e. The molecule has 0 spiro atoms. The van der Waals surface area contributed by atoms with Crippen LogP contribution in [0.2, 0.25) is 0 Å². The first kappa shape index (κ1) is 42.9. The minimum atomic E-state index is -3.64. The Labute approximate surface area is 328 Å². The predicted molar refractivity (Wildman–Crippen MR) is 220 cm³/mol. The molecule has 4 aromatic carbocycles. The molecule has 0 saturated carbocycles. The molecule has 0 heterocycles. The second-order valence-corrected chi connectivity index (χ2v) is 18.1. The van der Waals surface area contributed by atoms with Crippen molar-refractivity contribution in [1.29, 1.82) is 0 Å². The summed E-state index contributed by atoms with van der Waals surface area (Å²) in [6.07, 6.45) is 0. The predicted octanol–water partition coefficient (Wildman–Crippen LogP) is 11.3.